The highest BCUT2D eigenvalue weighted by atomic mass is 16.7. The van der Waals surface area contributed by atoms with Crippen molar-refractivity contribution in [1.82, 2.24) is 30.2 Å². The first-order chi connectivity index (χ1) is 17.8. The van der Waals surface area contributed by atoms with E-state index in [1.807, 2.05) is 49.0 Å². The molecule has 2 atom stereocenters. The maximum Gasteiger partial charge on any atom is 0.342 e. The lowest BCUT2D eigenvalue weighted by Crippen LogP contribution is -2.61. The highest BCUT2D eigenvalue weighted by molar-refractivity contribution is 6.02. The summed E-state index contributed by atoms with van der Waals surface area (Å²) >= 11 is 0. The summed E-state index contributed by atoms with van der Waals surface area (Å²) in [6, 6.07) is 7.55. The minimum Gasteiger partial charge on any atom is -0.459 e. The van der Waals surface area contributed by atoms with E-state index >= 15 is 0 Å². The van der Waals surface area contributed by atoms with E-state index in [1.54, 1.807) is 26.0 Å². The van der Waals surface area contributed by atoms with Crippen LogP contribution in [0.25, 0.3) is 22.2 Å². The fraction of sp³-hybridized carbons (Fsp3) is 0.440. The topological polar surface area (TPSA) is 132 Å². The van der Waals surface area contributed by atoms with E-state index < -0.39 is 18.4 Å². The summed E-state index contributed by atoms with van der Waals surface area (Å²) in [6.07, 6.45) is 2.05. The van der Waals surface area contributed by atoms with E-state index in [0.717, 1.165) is 16.5 Å². The minimum absolute atomic E-state index is 0.178. The van der Waals surface area contributed by atoms with Gasteiger partial charge in [0.1, 0.15) is 11.7 Å². The van der Waals surface area contributed by atoms with Crippen LogP contribution >= 0.6 is 0 Å². The largest absolute Gasteiger partial charge is 0.459 e. The normalized spacial score (nSPS) is 18.1. The summed E-state index contributed by atoms with van der Waals surface area (Å²) in [4.78, 5) is 34.3. The Hall–Kier alpha value is -3.74. The van der Waals surface area contributed by atoms with Crippen molar-refractivity contribution in [1.29, 1.82) is 0 Å². The Labute approximate surface area is 215 Å². The maximum atomic E-state index is 13.0. The van der Waals surface area contributed by atoms with Gasteiger partial charge in [0.15, 0.2) is 6.29 Å². The zero-order chi connectivity index (χ0) is 26.5. The van der Waals surface area contributed by atoms with Gasteiger partial charge in [0.05, 0.1) is 24.9 Å². The lowest BCUT2D eigenvalue weighted by atomic mass is 10.1. The third-order valence-electron chi connectivity index (χ3n) is 5.81. The van der Waals surface area contributed by atoms with Gasteiger partial charge in [0.2, 0.25) is 5.95 Å². The summed E-state index contributed by atoms with van der Waals surface area (Å²) in [5, 5.41) is 8.25. The van der Waals surface area contributed by atoms with Gasteiger partial charge in [0, 0.05) is 49.6 Å². The molecule has 0 radical (unpaired) electrons. The van der Waals surface area contributed by atoms with E-state index in [4.69, 9.17) is 19.2 Å². The zero-order valence-corrected chi connectivity index (χ0v) is 21.6. The van der Waals surface area contributed by atoms with Crippen LogP contribution in [0.5, 0.6) is 0 Å². The number of rotatable bonds is 8. The highest BCUT2D eigenvalue weighted by Gasteiger charge is 2.31. The number of aryl methyl sites for hydroxylation is 1. The number of methoxy groups -OCH3 is 1. The molecule has 3 aromatic rings. The van der Waals surface area contributed by atoms with Crippen LogP contribution in [0.3, 0.4) is 0 Å². The molecule has 198 valence electrons. The molecule has 2 aromatic heterocycles. The number of urea groups is 1. The van der Waals surface area contributed by atoms with Gasteiger partial charge in [-0.2, -0.15) is 5.01 Å². The summed E-state index contributed by atoms with van der Waals surface area (Å²) in [5.41, 5.74) is 5.62. The van der Waals surface area contributed by atoms with Crippen LogP contribution in [0, 0.1) is 0 Å². The molecule has 12 heteroatoms. The minimum atomic E-state index is -0.520. The van der Waals surface area contributed by atoms with E-state index in [9.17, 15) is 9.59 Å². The fourth-order valence-corrected chi connectivity index (χ4v) is 4.10. The van der Waals surface area contributed by atoms with Crippen LogP contribution in [0.4, 0.5) is 10.7 Å². The van der Waals surface area contributed by atoms with Crippen molar-refractivity contribution < 1.29 is 23.8 Å². The van der Waals surface area contributed by atoms with Crippen LogP contribution in [0.1, 0.15) is 31.1 Å². The van der Waals surface area contributed by atoms with Gasteiger partial charge in [-0.15, -0.1) is 0 Å². The highest BCUT2D eigenvalue weighted by Crippen LogP contribution is 2.32. The molecule has 1 fully saturated rings. The summed E-state index contributed by atoms with van der Waals surface area (Å²) in [5.74, 6) is -0.269. The number of amides is 2. The number of benzene rings is 1. The lowest BCUT2D eigenvalue weighted by molar-refractivity contribution is -0.179. The molecule has 2 amide bonds. The van der Waals surface area contributed by atoms with E-state index in [2.05, 4.69) is 21.0 Å². The molecular formula is C25H33N7O5. The Balaban J connectivity index is 1.72. The molecule has 3 heterocycles. The number of ether oxygens (including phenoxy) is 3. The van der Waals surface area contributed by atoms with Gasteiger partial charge >= 0.3 is 12.0 Å². The molecule has 1 aliphatic heterocycles. The van der Waals surface area contributed by atoms with Gasteiger partial charge in [-0.05, 0) is 26.8 Å². The van der Waals surface area contributed by atoms with Crippen LogP contribution in [0.15, 0.2) is 36.7 Å². The average molecular weight is 512 g/mol. The number of anilines is 1. The van der Waals surface area contributed by atoms with Gasteiger partial charge < -0.3 is 29.4 Å². The van der Waals surface area contributed by atoms with Gasteiger partial charge in [-0.1, -0.05) is 18.2 Å². The van der Waals surface area contributed by atoms with Crippen LogP contribution in [-0.2, 0) is 21.3 Å². The van der Waals surface area contributed by atoms with E-state index in [-0.39, 0.29) is 36.8 Å². The third kappa shape index (κ3) is 5.98. The monoisotopic (exact) mass is 511 g/mol. The molecule has 0 bridgehead atoms. The Bertz CT molecular complexity index is 1260. The Morgan fingerprint density at radius 2 is 2.05 bits per heavy atom. The van der Waals surface area contributed by atoms with Crippen molar-refractivity contribution >= 4 is 28.9 Å². The van der Waals surface area contributed by atoms with Crippen LogP contribution in [0.2, 0.25) is 0 Å². The Morgan fingerprint density at radius 1 is 1.27 bits per heavy atom. The van der Waals surface area contributed by atoms with E-state index in [0.29, 0.717) is 12.2 Å². The molecule has 1 saturated heterocycles. The number of hydrazine groups is 1. The van der Waals surface area contributed by atoms with Crippen molar-refractivity contribution in [3.63, 3.8) is 0 Å². The number of carbonyl (C=O) groups is 2. The molecule has 1 aliphatic rings. The van der Waals surface area contributed by atoms with Crippen molar-refractivity contribution in [2.75, 3.05) is 32.2 Å². The number of esters is 1. The molecule has 37 heavy (non-hydrogen) atoms. The Kier molecular flexibility index (Phi) is 8.21. The maximum absolute atomic E-state index is 13.0. The molecule has 12 nitrogen and oxygen atoms in total. The second kappa shape index (κ2) is 11.5. The molecule has 0 aliphatic carbocycles. The first-order valence-electron chi connectivity index (χ1n) is 12.1. The summed E-state index contributed by atoms with van der Waals surface area (Å²) in [6.45, 7) is 6.37. The summed E-state index contributed by atoms with van der Waals surface area (Å²) in [7, 11) is 3.49. The molecule has 1 aromatic carbocycles. The third-order valence-corrected chi connectivity index (χ3v) is 5.81. The van der Waals surface area contributed by atoms with Crippen molar-refractivity contribution in [2.45, 2.75) is 39.3 Å². The van der Waals surface area contributed by atoms with Crippen LogP contribution < -0.4 is 16.1 Å². The number of fused-ring (bicyclic) bond motifs is 1. The molecule has 2 unspecified atom stereocenters. The number of hydrogen-bond donors (Lipinski definition) is 3. The predicted octanol–water partition coefficient (Wildman–Crippen LogP) is 2.48. The predicted molar refractivity (Wildman–Crippen MR) is 138 cm³/mol. The van der Waals surface area contributed by atoms with Crippen LogP contribution in [-0.4, -0.2) is 76.9 Å². The smallest absolute Gasteiger partial charge is 0.342 e. The lowest BCUT2D eigenvalue weighted by Gasteiger charge is -2.38. The average Bonchev–Trinajstić information content (AvgIpc) is 3.21. The first-order valence-corrected chi connectivity index (χ1v) is 12.1. The number of nitrogens with one attached hydrogen (secondary N) is 3. The summed E-state index contributed by atoms with van der Waals surface area (Å²) < 4.78 is 18.5. The number of nitrogens with zero attached hydrogens (tertiary/aromatic N) is 4. The molecule has 3 N–H and O–H groups in total. The van der Waals surface area contributed by atoms with Gasteiger partial charge in [-0.25, -0.2) is 19.6 Å². The molecule has 0 saturated carbocycles. The molecular weight excluding hydrogens is 478 g/mol. The second-order valence-electron chi connectivity index (χ2n) is 8.86. The number of morpholine rings is 1. The zero-order valence-electron chi connectivity index (χ0n) is 21.6. The molecule has 4 rings (SSSR count). The quantitative estimate of drug-likeness (QED) is 0.390. The number of para-hydroxylation sites is 1. The van der Waals surface area contributed by atoms with Crippen molar-refractivity contribution in [3.8, 4) is 11.3 Å². The second-order valence-corrected chi connectivity index (χ2v) is 8.86. The number of hydrogen-bond acceptors (Lipinski definition) is 9. The van der Waals surface area contributed by atoms with E-state index in [1.165, 1.54) is 6.20 Å². The van der Waals surface area contributed by atoms with Gasteiger partial charge in [-0.3, -0.25) is 5.43 Å². The van der Waals surface area contributed by atoms with Crippen molar-refractivity contribution in [3.05, 3.63) is 42.2 Å². The molecule has 0 spiro atoms. The van der Waals surface area contributed by atoms with Crippen molar-refractivity contribution in [2.24, 2.45) is 7.05 Å². The Morgan fingerprint density at radius 3 is 2.78 bits per heavy atom. The first kappa shape index (κ1) is 26.3. The standard InChI is InChI=1S/C25H33N7O5/c1-6-26-25(34)28-20-14-36-21(35-5)13-32(20)30-24-27-11-17(23(33)37-15(2)3)22(29-24)18-12-31(4)19-10-8-7-9-16(18)19/h7-12,15,20-21H,6,13-14H2,1-5H3,(H2,26,28,34)(H,27,29,30). The number of aromatic nitrogens is 3. The SMILES string of the molecule is CCNC(=O)NC1COC(OC)CN1Nc1ncc(C(=O)OC(C)C)c(-c2cn(C)c3ccccc23)n1. The number of carbonyl (C=O) groups excluding carboxylic acids is 2. The van der Waals surface area contributed by atoms with Gasteiger partial charge in [0.25, 0.3) is 0 Å². The fourth-order valence-electron chi connectivity index (χ4n) is 4.10.